The van der Waals surface area contributed by atoms with E-state index in [1.54, 1.807) is 0 Å². The maximum absolute atomic E-state index is 4.68. The van der Waals surface area contributed by atoms with Crippen LogP contribution in [0.4, 0.5) is 0 Å². The van der Waals surface area contributed by atoms with Crippen LogP contribution in [-0.2, 0) is 11.8 Å². The summed E-state index contributed by atoms with van der Waals surface area (Å²) in [6, 6.07) is 13.3. The lowest BCUT2D eigenvalue weighted by Crippen LogP contribution is -2.40. The van der Waals surface area contributed by atoms with Gasteiger partial charge in [-0.3, -0.25) is 4.98 Å². The lowest BCUT2D eigenvalue weighted by atomic mass is 9.58. The molecule has 0 bridgehead atoms. The van der Waals surface area contributed by atoms with E-state index in [9.17, 15) is 0 Å². The molecular weight excluding hydrogens is 266 g/mol. The molecule has 2 atom stereocenters. The maximum Gasteiger partial charge on any atom is 0.0707 e. The van der Waals surface area contributed by atoms with Crippen molar-refractivity contribution in [3.63, 3.8) is 0 Å². The van der Waals surface area contributed by atoms with Crippen molar-refractivity contribution in [2.24, 2.45) is 5.92 Å². The predicted molar refractivity (Wildman–Crippen MR) is 94.0 cm³/mol. The number of nitrogens with zero attached hydrogens (tertiary/aromatic N) is 1. The SMILES string of the molecule is CCCCc1ccnc(-c2ccccc2[C@@]2(C)CCC2C)c1. The van der Waals surface area contributed by atoms with Gasteiger partial charge in [0.25, 0.3) is 0 Å². The summed E-state index contributed by atoms with van der Waals surface area (Å²) >= 11 is 0. The number of rotatable bonds is 5. The first-order valence-corrected chi connectivity index (χ1v) is 8.70. The number of aromatic nitrogens is 1. The minimum Gasteiger partial charge on any atom is -0.256 e. The molecule has 1 aliphatic carbocycles. The summed E-state index contributed by atoms with van der Waals surface area (Å²) in [5, 5.41) is 0. The van der Waals surface area contributed by atoms with Gasteiger partial charge in [0.2, 0.25) is 0 Å². The average molecular weight is 293 g/mol. The Bertz CT molecular complexity index is 646. The smallest absolute Gasteiger partial charge is 0.0707 e. The van der Waals surface area contributed by atoms with Crippen LogP contribution in [0.15, 0.2) is 42.6 Å². The van der Waals surface area contributed by atoms with Gasteiger partial charge in [-0.2, -0.15) is 0 Å². The van der Waals surface area contributed by atoms with E-state index in [-0.39, 0.29) is 0 Å². The molecule has 3 rings (SSSR count). The van der Waals surface area contributed by atoms with Crippen LogP contribution in [0.2, 0.25) is 0 Å². The van der Waals surface area contributed by atoms with Crippen LogP contribution in [0, 0.1) is 5.92 Å². The third-order valence-electron chi connectivity index (χ3n) is 5.65. The predicted octanol–water partition coefficient (Wildman–Crippen LogP) is 5.78. The van der Waals surface area contributed by atoms with E-state index in [1.807, 2.05) is 6.20 Å². The fourth-order valence-corrected chi connectivity index (χ4v) is 3.63. The average Bonchev–Trinajstić information content (AvgIpc) is 2.58. The van der Waals surface area contributed by atoms with E-state index in [0.29, 0.717) is 5.41 Å². The highest BCUT2D eigenvalue weighted by atomic mass is 14.7. The Hall–Kier alpha value is -1.63. The lowest BCUT2D eigenvalue weighted by molar-refractivity contribution is 0.160. The van der Waals surface area contributed by atoms with Crippen molar-refractivity contribution in [3.8, 4) is 11.3 Å². The summed E-state index contributed by atoms with van der Waals surface area (Å²) in [6.45, 7) is 7.04. The van der Waals surface area contributed by atoms with Gasteiger partial charge in [-0.15, -0.1) is 0 Å². The van der Waals surface area contributed by atoms with Crippen molar-refractivity contribution in [1.29, 1.82) is 0 Å². The molecule has 1 saturated carbocycles. The Morgan fingerprint density at radius 1 is 1.23 bits per heavy atom. The molecule has 1 heteroatoms. The van der Waals surface area contributed by atoms with Gasteiger partial charge in [-0.1, -0.05) is 51.5 Å². The minimum absolute atomic E-state index is 0.317. The van der Waals surface area contributed by atoms with Crippen LogP contribution in [-0.4, -0.2) is 4.98 Å². The molecular formula is C21H27N. The zero-order valence-corrected chi connectivity index (χ0v) is 14.1. The second-order valence-electron chi connectivity index (χ2n) is 7.06. The summed E-state index contributed by atoms with van der Waals surface area (Å²) in [7, 11) is 0. The van der Waals surface area contributed by atoms with Crippen molar-refractivity contribution in [1.82, 2.24) is 4.98 Å². The van der Waals surface area contributed by atoms with Gasteiger partial charge in [0.15, 0.2) is 0 Å². The normalized spacial score (nSPS) is 24.0. The third kappa shape index (κ3) is 2.69. The molecule has 22 heavy (non-hydrogen) atoms. The van der Waals surface area contributed by atoms with E-state index in [4.69, 9.17) is 0 Å². The summed E-state index contributed by atoms with van der Waals surface area (Å²) in [4.78, 5) is 4.68. The second-order valence-corrected chi connectivity index (χ2v) is 7.06. The van der Waals surface area contributed by atoms with Gasteiger partial charge >= 0.3 is 0 Å². The standard InChI is InChI=1S/C21H27N/c1-4-5-8-17-12-14-22-20(15-17)18-9-6-7-10-19(18)21(3)13-11-16(21)2/h6-7,9-10,12,14-16H,4-5,8,11,13H2,1-3H3/t16?,21-/m0/s1. The molecule has 0 aliphatic heterocycles. The van der Waals surface area contributed by atoms with Gasteiger partial charge in [0, 0.05) is 11.8 Å². The molecule has 0 saturated heterocycles. The summed E-state index contributed by atoms with van der Waals surface area (Å²) in [6.07, 6.45) is 8.25. The number of hydrogen-bond acceptors (Lipinski definition) is 1. The summed E-state index contributed by atoms with van der Waals surface area (Å²) < 4.78 is 0. The van der Waals surface area contributed by atoms with Crippen molar-refractivity contribution < 1.29 is 0 Å². The molecule has 1 nitrogen and oxygen atoms in total. The van der Waals surface area contributed by atoms with Crippen LogP contribution in [0.5, 0.6) is 0 Å². The van der Waals surface area contributed by atoms with Gasteiger partial charge in [-0.25, -0.2) is 0 Å². The van der Waals surface area contributed by atoms with Crippen LogP contribution in [0.25, 0.3) is 11.3 Å². The van der Waals surface area contributed by atoms with Crippen LogP contribution in [0.3, 0.4) is 0 Å². The van der Waals surface area contributed by atoms with Gasteiger partial charge in [0.05, 0.1) is 5.69 Å². The molecule has 1 aromatic heterocycles. The fourth-order valence-electron chi connectivity index (χ4n) is 3.63. The first-order chi connectivity index (χ1) is 10.6. The third-order valence-corrected chi connectivity index (χ3v) is 5.65. The largest absolute Gasteiger partial charge is 0.256 e. The quantitative estimate of drug-likeness (QED) is 0.681. The lowest BCUT2D eigenvalue weighted by Gasteiger charge is -2.47. The maximum atomic E-state index is 4.68. The molecule has 1 aliphatic rings. The Kier molecular flexibility index (Phi) is 4.33. The van der Waals surface area contributed by atoms with Gasteiger partial charge < -0.3 is 0 Å². The first-order valence-electron chi connectivity index (χ1n) is 8.70. The Labute approximate surface area is 134 Å². The number of pyridine rings is 1. The molecule has 2 aromatic rings. The molecule has 0 radical (unpaired) electrons. The van der Waals surface area contributed by atoms with Crippen molar-refractivity contribution in [3.05, 3.63) is 53.7 Å². The molecule has 0 amide bonds. The molecule has 1 aromatic carbocycles. The van der Waals surface area contributed by atoms with Crippen molar-refractivity contribution in [2.75, 3.05) is 0 Å². The molecule has 1 fully saturated rings. The number of benzene rings is 1. The molecule has 1 unspecified atom stereocenters. The van der Waals surface area contributed by atoms with Crippen LogP contribution in [0.1, 0.15) is 57.6 Å². The van der Waals surface area contributed by atoms with Gasteiger partial charge in [0.1, 0.15) is 0 Å². The Morgan fingerprint density at radius 3 is 2.73 bits per heavy atom. The monoisotopic (exact) mass is 293 g/mol. The molecule has 0 spiro atoms. The van der Waals surface area contributed by atoms with Crippen LogP contribution < -0.4 is 0 Å². The zero-order valence-electron chi connectivity index (χ0n) is 14.1. The van der Waals surface area contributed by atoms with E-state index in [1.165, 1.54) is 42.4 Å². The van der Waals surface area contributed by atoms with E-state index < -0.39 is 0 Å². The van der Waals surface area contributed by atoms with Crippen molar-refractivity contribution >= 4 is 0 Å². The Balaban J connectivity index is 1.99. The number of unbranched alkanes of at least 4 members (excludes halogenated alkanes) is 1. The topological polar surface area (TPSA) is 12.9 Å². The second kappa shape index (κ2) is 6.24. The zero-order chi connectivity index (χ0) is 15.6. The van der Waals surface area contributed by atoms with Crippen LogP contribution >= 0.6 is 0 Å². The van der Waals surface area contributed by atoms with E-state index >= 15 is 0 Å². The number of hydrogen-bond donors (Lipinski definition) is 0. The number of aryl methyl sites for hydroxylation is 1. The highest BCUT2D eigenvalue weighted by Crippen LogP contribution is 2.50. The van der Waals surface area contributed by atoms with E-state index in [2.05, 4.69) is 62.2 Å². The summed E-state index contributed by atoms with van der Waals surface area (Å²) in [5.74, 6) is 0.761. The first kappa shape index (κ1) is 15.3. The fraction of sp³-hybridized carbons (Fsp3) is 0.476. The molecule has 0 N–H and O–H groups in total. The van der Waals surface area contributed by atoms with E-state index in [0.717, 1.165) is 18.0 Å². The summed E-state index contributed by atoms with van der Waals surface area (Å²) in [5.41, 5.74) is 5.68. The highest BCUT2D eigenvalue weighted by molar-refractivity contribution is 5.66. The molecule has 116 valence electrons. The highest BCUT2D eigenvalue weighted by Gasteiger charge is 2.42. The van der Waals surface area contributed by atoms with Crippen molar-refractivity contribution in [2.45, 2.75) is 58.3 Å². The molecule has 1 heterocycles. The Morgan fingerprint density at radius 2 is 2.05 bits per heavy atom. The van der Waals surface area contributed by atoms with Gasteiger partial charge in [-0.05, 0) is 60.3 Å². The minimum atomic E-state index is 0.317.